The molecule has 6 nitrogen and oxygen atoms in total. The summed E-state index contributed by atoms with van der Waals surface area (Å²) in [6.07, 6.45) is 7.92. The van der Waals surface area contributed by atoms with Crippen molar-refractivity contribution in [2.24, 2.45) is 5.92 Å². The molecule has 28 heavy (non-hydrogen) atoms. The lowest BCUT2D eigenvalue weighted by molar-refractivity contribution is -0.134. The van der Waals surface area contributed by atoms with Gasteiger partial charge in [0, 0.05) is 23.9 Å². The fourth-order valence-electron chi connectivity index (χ4n) is 3.88. The van der Waals surface area contributed by atoms with E-state index in [0.717, 1.165) is 55.4 Å². The summed E-state index contributed by atoms with van der Waals surface area (Å²) in [6, 6.07) is 0.0435. The number of hydrogen-bond acceptors (Lipinski definition) is 5. The summed E-state index contributed by atoms with van der Waals surface area (Å²) < 4.78 is 5.34. The number of rotatable bonds is 6. The van der Waals surface area contributed by atoms with Gasteiger partial charge in [0.2, 0.25) is 5.91 Å². The predicted octanol–water partition coefficient (Wildman–Crippen LogP) is 3.78. The van der Waals surface area contributed by atoms with Crippen LogP contribution < -0.4 is 5.32 Å². The van der Waals surface area contributed by atoms with E-state index in [9.17, 15) is 14.4 Å². The van der Waals surface area contributed by atoms with Crippen molar-refractivity contribution in [2.45, 2.75) is 71.3 Å². The molecular formula is C21H30N2O4S. The Hall–Kier alpha value is -1.89. The molecule has 0 aromatic carbocycles. The van der Waals surface area contributed by atoms with E-state index in [4.69, 9.17) is 4.74 Å². The Bertz CT molecular complexity index is 750. The van der Waals surface area contributed by atoms with Gasteiger partial charge in [-0.1, -0.05) is 19.3 Å². The van der Waals surface area contributed by atoms with Gasteiger partial charge < -0.3 is 15.0 Å². The number of fused-ring (bicyclic) bond motifs is 1. The van der Waals surface area contributed by atoms with E-state index in [-0.39, 0.29) is 30.4 Å². The SMILES string of the molecule is CC(C)N(C)C(=O)COC(=O)c1c(NC(=O)C2CCCCC2)sc2c1CCC2. The number of carbonyl (C=O) groups is 3. The molecule has 2 aliphatic rings. The monoisotopic (exact) mass is 406 g/mol. The Labute approximate surface area is 170 Å². The number of thiophene rings is 1. The Morgan fingerprint density at radius 1 is 1.14 bits per heavy atom. The van der Waals surface area contributed by atoms with Gasteiger partial charge in [0.1, 0.15) is 5.00 Å². The zero-order chi connectivity index (χ0) is 20.3. The minimum Gasteiger partial charge on any atom is -0.452 e. The molecule has 0 unspecified atom stereocenters. The number of hydrogen-bond donors (Lipinski definition) is 1. The van der Waals surface area contributed by atoms with E-state index < -0.39 is 5.97 Å². The van der Waals surface area contributed by atoms with Crippen LogP contribution in [0.2, 0.25) is 0 Å². The number of nitrogens with zero attached hydrogens (tertiary/aromatic N) is 1. The van der Waals surface area contributed by atoms with Crippen LogP contribution in [0.5, 0.6) is 0 Å². The molecule has 1 N–H and O–H groups in total. The molecule has 3 rings (SSSR count). The third-order valence-corrected chi connectivity index (χ3v) is 7.04. The maximum absolute atomic E-state index is 12.8. The molecule has 154 valence electrons. The van der Waals surface area contributed by atoms with Gasteiger partial charge in [0.15, 0.2) is 6.61 Å². The maximum Gasteiger partial charge on any atom is 0.341 e. The van der Waals surface area contributed by atoms with Crippen LogP contribution in [0.4, 0.5) is 5.00 Å². The van der Waals surface area contributed by atoms with Crippen LogP contribution in [0.1, 0.15) is 73.2 Å². The number of likely N-dealkylation sites (N-methyl/N-ethyl adjacent to an activating group) is 1. The van der Waals surface area contributed by atoms with Crippen LogP contribution in [0, 0.1) is 5.92 Å². The van der Waals surface area contributed by atoms with Crippen LogP contribution in [-0.4, -0.2) is 42.4 Å². The molecule has 2 amide bonds. The number of amides is 2. The Morgan fingerprint density at radius 3 is 2.54 bits per heavy atom. The molecule has 7 heteroatoms. The van der Waals surface area contributed by atoms with E-state index in [1.54, 1.807) is 11.9 Å². The molecular weight excluding hydrogens is 376 g/mol. The summed E-state index contributed by atoms with van der Waals surface area (Å²) in [4.78, 5) is 40.3. The fourth-order valence-corrected chi connectivity index (χ4v) is 5.16. The molecule has 0 saturated heterocycles. The molecule has 0 atom stereocenters. The second kappa shape index (κ2) is 9.07. The minimum atomic E-state index is -0.510. The zero-order valence-electron chi connectivity index (χ0n) is 17.0. The van der Waals surface area contributed by atoms with Gasteiger partial charge in [-0.05, 0) is 51.5 Å². The predicted molar refractivity (Wildman–Crippen MR) is 110 cm³/mol. The summed E-state index contributed by atoms with van der Waals surface area (Å²) in [5.74, 6) is -0.716. The highest BCUT2D eigenvalue weighted by molar-refractivity contribution is 7.17. The van der Waals surface area contributed by atoms with E-state index in [0.29, 0.717) is 10.6 Å². The highest BCUT2D eigenvalue weighted by atomic mass is 32.1. The van der Waals surface area contributed by atoms with Gasteiger partial charge in [-0.2, -0.15) is 0 Å². The lowest BCUT2D eigenvalue weighted by atomic mass is 9.89. The van der Waals surface area contributed by atoms with Crippen molar-refractivity contribution in [3.05, 3.63) is 16.0 Å². The number of nitrogens with one attached hydrogen (secondary N) is 1. The Morgan fingerprint density at radius 2 is 1.86 bits per heavy atom. The number of carbonyl (C=O) groups excluding carboxylic acids is 3. The normalized spacial score (nSPS) is 16.7. The summed E-state index contributed by atoms with van der Waals surface area (Å²) in [5, 5.41) is 3.60. The van der Waals surface area contributed by atoms with Crippen LogP contribution in [-0.2, 0) is 27.2 Å². The van der Waals surface area contributed by atoms with Crippen LogP contribution >= 0.6 is 11.3 Å². The standard InChI is InChI=1S/C21H30N2O4S/c1-13(2)23(3)17(24)12-27-21(26)18-15-10-7-11-16(15)28-20(18)22-19(25)14-8-5-4-6-9-14/h13-14H,4-12H2,1-3H3,(H,22,25). The van der Waals surface area contributed by atoms with Crippen molar-refractivity contribution in [3.63, 3.8) is 0 Å². The molecule has 0 radical (unpaired) electrons. The average Bonchev–Trinajstić information content (AvgIpc) is 3.26. The second-order valence-corrected chi connectivity index (χ2v) is 9.17. The van der Waals surface area contributed by atoms with E-state index in [1.807, 2.05) is 13.8 Å². The molecule has 1 saturated carbocycles. The Kier molecular flexibility index (Phi) is 6.75. The van der Waals surface area contributed by atoms with Crippen molar-refractivity contribution >= 4 is 34.1 Å². The van der Waals surface area contributed by atoms with Gasteiger partial charge in [0.25, 0.3) is 5.91 Å². The number of aryl methyl sites for hydroxylation is 1. The minimum absolute atomic E-state index is 0.00397. The molecule has 0 bridgehead atoms. The van der Waals surface area contributed by atoms with E-state index in [2.05, 4.69) is 5.32 Å². The zero-order valence-corrected chi connectivity index (χ0v) is 17.8. The highest BCUT2D eigenvalue weighted by Crippen LogP contribution is 2.40. The van der Waals surface area contributed by atoms with Crippen LogP contribution in [0.3, 0.4) is 0 Å². The van der Waals surface area contributed by atoms with Gasteiger partial charge in [-0.3, -0.25) is 9.59 Å². The van der Waals surface area contributed by atoms with Crippen molar-refractivity contribution in [1.29, 1.82) is 0 Å². The first-order valence-electron chi connectivity index (χ1n) is 10.3. The number of anilines is 1. The van der Waals surface area contributed by atoms with Crippen LogP contribution in [0.25, 0.3) is 0 Å². The molecule has 1 fully saturated rings. The fraction of sp³-hybridized carbons (Fsp3) is 0.667. The third kappa shape index (κ3) is 4.57. The molecule has 1 aromatic rings. The van der Waals surface area contributed by atoms with Gasteiger partial charge in [-0.15, -0.1) is 11.3 Å². The van der Waals surface area contributed by atoms with Gasteiger partial charge in [-0.25, -0.2) is 4.79 Å². The van der Waals surface area contributed by atoms with E-state index >= 15 is 0 Å². The van der Waals surface area contributed by atoms with Gasteiger partial charge in [0.05, 0.1) is 5.56 Å². The molecule has 0 spiro atoms. The number of esters is 1. The van der Waals surface area contributed by atoms with Crippen molar-refractivity contribution in [2.75, 3.05) is 19.0 Å². The first-order valence-corrected chi connectivity index (χ1v) is 11.1. The molecule has 0 aliphatic heterocycles. The first-order chi connectivity index (χ1) is 13.4. The van der Waals surface area contributed by atoms with Crippen LogP contribution in [0.15, 0.2) is 0 Å². The van der Waals surface area contributed by atoms with Crippen molar-refractivity contribution < 1.29 is 19.1 Å². The number of ether oxygens (including phenoxy) is 1. The highest BCUT2D eigenvalue weighted by Gasteiger charge is 2.30. The van der Waals surface area contributed by atoms with Crippen molar-refractivity contribution in [3.8, 4) is 0 Å². The quantitative estimate of drug-likeness (QED) is 0.730. The molecule has 1 heterocycles. The van der Waals surface area contributed by atoms with Crippen molar-refractivity contribution in [1.82, 2.24) is 4.90 Å². The smallest absolute Gasteiger partial charge is 0.341 e. The topological polar surface area (TPSA) is 75.7 Å². The molecule has 2 aliphatic carbocycles. The first kappa shape index (κ1) is 20.8. The lowest BCUT2D eigenvalue weighted by Gasteiger charge is -2.21. The maximum atomic E-state index is 12.8. The second-order valence-electron chi connectivity index (χ2n) is 8.06. The largest absolute Gasteiger partial charge is 0.452 e. The van der Waals surface area contributed by atoms with Gasteiger partial charge >= 0.3 is 5.97 Å². The lowest BCUT2D eigenvalue weighted by Crippen LogP contribution is -2.36. The summed E-state index contributed by atoms with van der Waals surface area (Å²) in [6.45, 7) is 3.53. The average molecular weight is 407 g/mol. The summed E-state index contributed by atoms with van der Waals surface area (Å²) in [7, 11) is 1.69. The third-order valence-electron chi connectivity index (χ3n) is 5.83. The molecule has 1 aromatic heterocycles. The summed E-state index contributed by atoms with van der Waals surface area (Å²) in [5.41, 5.74) is 1.44. The summed E-state index contributed by atoms with van der Waals surface area (Å²) >= 11 is 1.49. The van der Waals surface area contributed by atoms with E-state index in [1.165, 1.54) is 17.8 Å². The Balaban J connectivity index is 1.71.